The third-order valence-electron chi connectivity index (χ3n) is 7.68. The summed E-state index contributed by atoms with van der Waals surface area (Å²) in [6.07, 6.45) is 7.85. The SMILES string of the molecule is C/C=C(/C)[C@@H]1C=C[C@@H]2C[C@H](C)C[C@H](C)[C@H]2[C@@H]1/C(O)=C1/C(=O)N[C@H](C[C@@](C)(O)C(=O)O)C1=O. The molecule has 32 heavy (non-hydrogen) atoms. The molecule has 1 saturated carbocycles. The summed E-state index contributed by atoms with van der Waals surface area (Å²) in [4.78, 5) is 37.1. The van der Waals surface area contributed by atoms with Crippen LogP contribution in [0.15, 0.2) is 35.1 Å². The first-order valence-electron chi connectivity index (χ1n) is 11.4. The first-order valence-corrected chi connectivity index (χ1v) is 11.4. The Morgan fingerprint density at radius 2 is 1.88 bits per heavy atom. The van der Waals surface area contributed by atoms with Crippen molar-refractivity contribution in [2.75, 3.05) is 0 Å². The van der Waals surface area contributed by atoms with Gasteiger partial charge in [0.15, 0.2) is 11.4 Å². The molecule has 7 nitrogen and oxygen atoms in total. The number of allylic oxidation sites excluding steroid dienone is 5. The topological polar surface area (TPSA) is 124 Å². The Labute approximate surface area is 189 Å². The van der Waals surface area contributed by atoms with Gasteiger partial charge in [-0.1, -0.05) is 37.6 Å². The van der Waals surface area contributed by atoms with E-state index >= 15 is 0 Å². The summed E-state index contributed by atoms with van der Waals surface area (Å²) in [6, 6.07) is -1.19. The average Bonchev–Trinajstić information content (AvgIpc) is 2.98. The van der Waals surface area contributed by atoms with Gasteiger partial charge in [0.05, 0.1) is 6.04 Å². The zero-order valence-corrected chi connectivity index (χ0v) is 19.5. The fraction of sp³-hybridized carbons (Fsp3) is 0.640. The van der Waals surface area contributed by atoms with E-state index in [9.17, 15) is 29.7 Å². The van der Waals surface area contributed by atoms with Crippen molar-refractivity contribution in [3.8, 4) is 0 Å². The minimum Gasteiger partial charge on any atom is -0.511 e. The smallest absolute Gasteiger partial charge is 0.335 e. The second-order valence-corrected chi connectivity index (χ2v) is 10.2. The second-order valence-electron chi connectivity index (χ2n) is 10.2. The number of carboxylic acid groups (broad SMARTS) is 1. The second kappa shape index (κ2) is 8.85. The van der Waals surface area contributed by atoms with E-state index in [2.05, 4.69) is 31.3 Å². The lowest BCUT2D eigenvalue weighted by Gasteiger charge is -2.47. The highest BCUT2D eigenvalue weighted by atomic mass is 16.4. The molecule has 7 heteroatoms. The molecule has 0 spiro atoms. The summed E-state index contributed by atoms with van der Waals surface area (Å²) in [7, 11) is 0. The average molecular weight is 446 g/mol. The Morgan fingerprint density at radius 1 is 1.22 bits per heavy atom. The molecule has 0 bridgehead atoms. The Balaban J connectivity index is 2.04. The van der Waals surface area contributed by atoms with E-state index < -0.39 is 41.6 Å². The van der Waals surface area contributed by atoms with Crippen LogP contribution in [-0.4, -0.2) is 44.6 Å². The molecular formula is C25H35NO6. The fourth-order valence-corrected chi connectivity index (χ4v) is 5.98. The van der Waals surface area contributed by atoms with Gasteiger partial charge in [0.2, 0.25) is 0 Å². The number of ketones is 1. The maximum absolute atomic E-state index is 13.1. The monoisotopic (exact) mass is 445 g/mol. The number of hydrogen-bond acceptors (Lipinski definition) is 5. The predicted molar refractivity (Wildman–Crippen MR) is 120 cm³/mol. The first-order chi connectivity index (χ1) is 14.9. The van der Waals surface area contributed by atoms with Crippen LogP contribution in [0, 0.1) is 35.5 Å². The van der Waals surface area contributed by atoms with Crippen LogP contribution in [0.5, 0.6) is 0 Å². The van der Waals surface area contributed by atoms with Crippen molar-refractivity contribution in [3.05, 3.63) is 35.1 Å². The Kier molecular flexibility index (Phi) is 6.70. The molecule has 0 unspecified atom stereocenters. The zero-order valence-electron chi connectivity index (χ0n) is 19.5. The van der Waals surface area contributed by atoms with E-state index in [1.807, 2.05) is 19.9 Å². The number of aliphatic carboxylic acids is 1. The Morgan fingerprint density at radius 3 is 2.47 bits per heavy atom. The maximum atomic E-state index is 13.1. The molecule has 3 rings (SSSR count). The molecular weight excluding hydrogens is 410 g/mol. The van der Waals surface area contributed by atoms with Crippen molar-refractivity contribution in [3.63, 3.8) is 0 Å². The number of carbonyl (C=O) groups is 3. The van der Waals surface area contributed by atoms with Gasteiger partial charge >= 0.3 is 5.97 Å². The highest BCUT2D eigenvalue weighted by Crippen LogP contribution is 2.51. The Hall–Kier alpha value is -2.41. The molecule has 2 fully saturated rings. The van der Waals surface area contributed by atoms with Gasteiger partial charge in [-0.3, -0.25) is 9.59 Å². The normalized spacial score (nSPS) is 38.7. The van der Waals surface area contributed by atoms with Gasteiger partial charge in [-0.05, 0) is 57.3 Å². The number of carbonyl (C=O) groups excluding carboxylic acids is 2. The number of aliphatic hydroxyl groups excluding tert-OH is 1. The van der Waals surface area contributed by atoms with E-state index in [4.69, 9.17) is 0 Å². The third kappa shape index (κ3) is 4.27. The van der Waals surface area contributed by atoms with Crippen molar-refractivity contribution in [2.24, 2.45) is 35.5 Å². The number of aliphatic hydroxyl groups is 2. The Bertz CT molecular complexity index is 898. The number of Topliss-reactive ketones (excluding diaryl/α,β-unsaturated/α-hetero) is 1. The molecule has 2 aliphatic carbocycles. The number of nitrogens with one attached hydrogen (secondary N) is 1. The van der Waals surface area contributed by atoms with Crippen LogP contribution in [0.2, 0.25) is 0 Å². The van der Waals surface area contributed by atoms with Gasteiger partial charge in [0, 0.05) is 18.3 Å². The molecule has 8 atom stereocenters. The number of hydrogen-bond donors (Lipinski definition) is 4. The van der Waals surface area contributed by atoms with Gasteiger partial charge in [-0.15, -0.1) is 0 Å². The van der Waals surface area contributed by atoms with Gasteiger partial charge in [0.25, 0.3) is 5.91 Å². The summed E-state index contributed by atoms with van der Waals surface area (Å²) in [6.45, 7) is 9.40. The molecule has 176 valence electrons. The summed E-state index contributed by atoms with van der Waals surface area (Å²) in [5.74, 6) is -2.39. The highest BCUT2D eigenvalue weighted by molar-refractivity contribution is 6.27. The molecule has 0 aromatic carbocycles. The van der Waals surface area contributed by atoms with Crippen molar-refractivity contribution in [2.45, 2.75) is 65.5 Å². The minimum absolute atomic E-state index is 0.0883. The summed E-state index contributed by atoms with van der Waals surface area (Å²) < 4.78 is 0. The third-order valence-corrected chi connectivity index (χ3v) is 7.68. The van der Waals surface area contributed by atoms with Gasteiger partial charge < -0.3 is 20.6 Å². The van der Waals surface area contributed by atoms with E-state index in [0.717, 1.165) is 25.3 Å². The number of fused-ring (bicyclic) bond motifs is 1. The van der Waals surface area contributed by atoms with Crippen molar-refractivity contribution in [1.82, 2.24) is 5.32 Å². The van der Waals surface area contributed by atoms with E-state index in [0.29, 0.717) is 11.8 Å². The van der Waals surface area contributed by atoms with Crippen molar-refractivity contribution >= 4 is 17.7 Å². The predicted octanol–water partition coefficient (Wildman–Crippen LogP) is 3.16. The lowest BCUT2D eigenvalue weighted by atomic mass is 9.57. The summed E-state index contributed by atoms with van der Waals surface area (Å²) in [5.41, 5.74) is -1.41. The largest absolute Gasteiger partial charge is 0.511 e. The lowest BCUT2D eigenvalue weighted by molar-refractivity contribution is -0.158. The van der Waals surface area contributed by atoms with Crippen LogP contribution in [0.4, 0.5) is 0 Å². The van der Waals surface area contributed by atoms with Crippen LogP contribution < -0.4 is 5.32 Å². The maximum Gasteiger partial charge on any atom is 0.335 e. The minimum atomic E-state index is -2.17. The molecule has 0 aromatic heterocycles. The highest BCUT2D eigenvalue weighted by Gasteiger charge is 2.49. The van der Waals surface area contributed by atoms with Crippen LogP contribution >= 0.6 is 0 Å². The molecule has 4 N–H and O–H groups in total. The lowest BCUT2D eigenvalue weighted by Crippen LogP contribution is -2.43. The number of amides is 1. The molecule has 0 aromatic rings. The molecule has 1 aliphatic heterocycles. The summed E-state index contributed by atoms with van der Waals surface area (Å²) in [5, 5.41) is 33.2. The number of rotatable bonds is 5. The molecule has 3 aliphatic rings. The molecule has 0 radical (unpaired) electrons. The first kappa shape index (κ1) is 24.2. The fourth-order valence-electron chi connectivity index (χ4n) is 5.98. The van der Waals surface area contributed by atoms with E-state index in [-0.39, 0.29) is 29.1 Å². The zero-order chi connectivity index (χ0) is 24.0. The van der Waals surface area contributed by atoms with Crippen molar-refractivity contribution in [1.29, 1.82) is 0 Å². The van der Waals surface area contributed by atoms with Gasteiger partial charge in [-0.2, -0.15) is 0 Å². The molecule has 1 heterocycles. The van der Waals surface area contributed by atoms with Crippen molar-refractivity contribution < 1.29 is 29.7 Å². The number of carboxylic acids is 1. The van der Waals surface area contributed by atoms with Gasteiger partial charge in [-0.25, -0.2) is 4.79 Å². The van der Waals surface area contributed by atoms with Crippen LogP contribution in [-0.2, 0) is 14.4 Å². The van der Waals surface area contributed by atoms with E-state index in [1.54, 1.807) is 0 Å². The molecule has 1 amide bonds. The van der Waals surface area contributed by atoms with E-state index in [1.165, 1.54) is 0 Å². The summed E-state index contributed by atoms with van der Waals surface area (Å²) >= 11 is 0. The van der Waals surface area contributed by atoms with Crippen LogP contribution in [0.3, 0.4) is 0 Å². The van der Waals surface area contributed by atoms with Gasteiger partial charge in [0.1, 0.15) is 11.3 Å². The molecule has 1 saturated heterocycles. The van der Waals surface area contributed by atoms with Crippen LogP contribution in [0.1, 0.15) is 53.9 Å². The van der Waals surface area contributed by atoms with Crippen LogP contribution in [0.25, 0.3) is 0 Å². The quantitative estimate of drug-likeness (QED) is 0.223. The standard InChI is InChI=1S/C25H35NO6/c1-6-13(3)16-8-7-15-10-12(2)9-14(4)18(15)19(16)22(28)20-21(27)17(26-23(20)29)11-25(5,32)24(30)31/h6-8,12,14-19,28,32H,9-11H2,1-5H3,(H,26,29)(H,30,31)/b13-6-,22-20-/t12-,14+,15-,16+,17-,18-,19-,25-/m1/s1.